The first kappa shape index (κ1) is 27.0. The standard InChI is InChI=1S/C24H32N6O6/c1-5-27-22(32)19-18(21-28-13(4)35-30-21)20(36-29-19)24(26,23(33)34)10-16(17(31)11-25)15-9-7-6-8-14(15)12(2)3/h6-9,12,16-17,31H,5,10-11,25-26H2,1-4H3,(H,27,32)(H,33,34). The fourth-order valence-electron chi connectivity index (χ4n) is 4.22. The molecule has 36 heavy (non-hydrogen) atoms. The van der Waals surface area contributed by atoms with Crippen molar-refractivity contribution in [2.24, 2.45) is 11.5 Å². The molecule has 194 valence electrons. The van der Waals surface area contributed by atoms with Gasteiger partial charge in [-0.2, -0.15) is 4.98 Å². The third-order valence-corrected chi connectivity index (χ3v) is 6.05. The number of amides is 1. The lowest BCUT2D eigenvalue weighted by Crippen LogP contribution is -2.48. The van der Waals surface area contributed by atoms with Gasteiger partial charge in [0.2, 0.25) is 11.7 Å². The molecule has 1 amide bonds. The summed E-state index contributed by atoms with van der Waals surface area (Å²) in [7, 11) is 0. The Morgan fingerprint density at radius 2 is 1.83 bits per heavy atom. The Labute approximate surface area is 208 Å². The predicted molar refractivity (Wildman–Crippen MR) is 129 cm³/mol. The molecule has 3 unspecified atom stereocenters. The minimum Gasteiger partial charge on any atom is -0.480 e. The molecule has 12 heteroatoms. The van der Waals surface area contributed by atoms with E-state index in [-0.39, 0.29) is 54.2 Å². The number of aliphatic carboxylic acids is 1. The highest BCUT2D eigenvalue weighted by atomic mass is 16.5. The summed E-state index contributed by atoms with van der Waals surface area (Å²) in [6.07, 6.45) is -1.44. The van der Waals surface area contributed by atoms with E-state index < -0.39 is 29.4 Å². The van der Waals surface area contributed by atoms with Crippen LogP contribution in [-0.4, -0.2) is 56.6 Å². The Morgan fingerprint density at radius 3 is 2.36 bits per heavy atom. The number of carboxylic acids is 1. The van der Waals surface area contributed by atoms with Gasteiger partial charge >= 0.3 is 5.97 Å². The molecular formula is C24H32N6O6. The van der Waals surface area contributed by atoms with Crippen LogP contribution in [-0.2, 0) is 10.3 Å². The number of carbonyl (C=O) groups is 2. The number of aryl methyl sites for hydroxylation is 1. The number of nitrogens with zero attached hydrogens (tertiary/aromatic N) is 3. The van der Waals surface area contributed by atoms with Crippen LogP contribution in [0.15, 0.2) is 33.3 Å². The average molecular weight is 501 g/mol. The predicted octanol–water partition coefficient (Wildman–Crippen LogP) is 1.64. The van der Waals surface area contributed by atoms with Gasteiger partial charge in [0, 0.05) is 25.9 Å². The normalized spacial score (nSPS) is 14.9. The van der Waals surface area contributed by atoms with Crippen LogP contribution in [0.3, 0.4) is 0 Å². The van der Waals surface area contributed by atoms with E-state index in [9.17, 15) is 19.8 Å². The number of carbonyl (C=O) groups excluding carboxylic acids is 1. The zero-order valence-electron chi connectivity index (χ0n) is 20.7. The first-order valence-corrected chi connectivity index (χ1v) is 11.6. The van der Waals surface area contributed by atoms with E-state index in [2.05, 4.69) is 20.6 Å². The number of nitrogens with two attached hydrogens (primary N) is 2. The smallest absolute Gasteiger partial charge is 0.331 e. The number of rotatable bonds is 11. The summed E-state index contributed by atoms with van der Waals surface area (Å²) in [6, 6.07) is 7.38. The first-order chi connectivity index (χ1) is 17.0. The lowest BCUT2D eigenvalue weighted by molar-refractivity contribution is -0.145. The average Bonchev–Trinajstić information content (AvgIpc) is 3.48. The Bertz CT molecular complexity index is 1220. The number of aromatic nitrogens is 3. The highest BCUT2D eigenvalue weighted by Crippen LogP contribution is 2.41. The summed E-state index contributed by atoms with van der Waals surface area (Å²) in [5.74, 6) is -3.04. The van der Waals surface area contributed by atoms with Crippen LogP contribution >= 0.6 is 0 Å². The number of carboxylic acid groups (broad SMARTS) is 1. The van der Waals surface area contributed by atoms with Crippen molar-refractivity contribution in [1.82, 2.24) is 20.6 Å². The van der Waals surface area contributed by atoms with Gasteiger partial charge in [-0.3, -0.25) is 4.79 Å². The van der Waals surface area contributed by atoms with Crippen molar-refractivity contribution in [2.45, 2.75) is 57.6 Å². The number of aliphatic hydroxyl groups excluding tert-OH is 1. The number of hydrogen-bond donors (Lipinski definition) is 5. The van der Waals surface area contributed by atoms with Crippen molar-refractivity contribution in [1.29, 1.82) is 0 Å². The van der Waals surface area contributed by atoms with Gasteiger partial charge in [-0.25, -0.2) is 4.79 Å². The highest BCUT2D eigenvalue weighted by molar-refractivity contribution is 5.99. The summed E-state index contributed by atoms with van der Waals surface area (Å²) in [5.41, 5.74) is 11.4. The van der Waals surface area contributed by atoms with Gasteiger partial charge in [0.1, 0.15) is 5.56 Å². The molecule has 7 N–H and O–H groups in total. The Morgan fingerprint density at radius 1 is 1.17 bits per heavy atom. The monoisotopic (exact) mass is 500 g/mol. The fraction of sp³-hybridized carbons (Fsp3) is 0.458. The van der Waals surface area contributed by atoms with Crippen LogP contribution in [0.5, 0.6) is 0 Å². The maximum Gasteiger partial charge on any atom is 0.331 e. The summed E-state index contributed by atoms with van der Waals surface area (Å²) >= 11 is 0. The third kappa shape index (κ3) is 5.15. The van der Waals surface area contributed by atoms with Gasteiger partial charge in [0.15, 0.2) is 17.0 Å². The van der Waals surface area contributed by atoms with Gasteiger partial charge in [0.25, 0.3) is 5.91 Å². The maximum absolute atomic E-state index is 12.7. The van der Waals surface area contributed by atoms with Gasteiger partial charge in [-0.15, -0.1) is 0 Å². The molecule has 0 aliphatic carbocycles. The molecule has 3 aromatic rings. The van der Waals surface area contributed by atoms with Gasteiger partial charge in [-0.05, 0) is 30.4 Å². The lowest BCUT2D eigenvalue weighted by atomic mass is 9.76. The van der Waals surface area contributed by atoms with E-state index in [0.717, 1.165) is 5.56 Å². The highest BCUT2D eigenvalue weighted by Gasteiger charge is 2.48. The molecule has 0 aliphatic rings. The van der Waals surface area contributed by atoms with Crippen LogP contribution in [0, 0.1) is 6.92 Å². The van der Waals surface area contributed by atoms with E-state index in [1.54, 1.807) is 19.9 Å². The Balaban J connectivity index is 2.22. The van der Waals surface area contributed by atoms with Crippen molar-refractivity contribution in [3.8, 4) is 11.4 Å². The van der Waals surface area contributed by atoms with E-state index >= 15 is 0 Å². The van der Waals surface area contributed by atoms with Crippen molar-refractivity contribution in [2.75, 3.05) is 13.1 Å². The number of nitrogens with one attached hydrogen (secondary N) is 1. The Kier molecular flexibility index (Phi) is 8.23. The van der Waals surface area contributed by atoms with Crippen molar-refractivity contribution in [3.05, 3.63) is 52.7 Å². The number of hydrogen-bond acceptors (Lipinski definition) is 10. The van der Waals surface area contributed by atoms with E-state index in [1.165, 1.54) is 0 Å². The Hall–Kier alpha value is -3.61. The summed E-state index contributed by atoms with van der Waals surface area (Å²) in [6.45, 7) is 7.39. The second kappa shape index (κ2) is 11.0. The number of benzene rings is 1. The van der Waals surface area contributed by atoms with Gasteiger partial charge in [-0.1, -0.05) is 48.4 Å². The molecule has 0 fully saturated rings. The second-order valence-electron chi connectivity index (χ2n) is 8.91. The molecule has 2 aromatic heterocycles. The van der Waals surface area contributed by atoms with Crippen LogP contribution in [0.1, 0.15) is 72.3 Å². The van der Waals surface area contributed by atoms with Crippen LogP contribution in [0.4, 0.5) is 0 Å². The van der Waals surface area contributed by atoms with Crippen molar-refractivity contribution in [3.63, 3.8) is 0 Å². The molecule has 0 saturated heterocycles. The summed E-state index contributed by atoms with van der Waals surface area (Å²) < 4.78 is 10.5. The fourth-order valence-corrected chi connectivity index (χ4v) is 4.22. The van der Waals surface area contributed by atoms with Crippen LogP contribution in [0.25, 0.3) is 11.4 Å². The minimum atomic E-state index is -2.24. The summed E-state index contributed by atoms with van der Waals surface area (Å²) in [5, 5.41) is 31.5. The van der Waals surface area contributed by atoms with Gasteiger partial charge in [0.05, 0.1) is 6.10 Å². The van der Waals surface area contributed by atoms with E-state index in [0.29, 0.717) is 5.56 Å². The molecule has 0 spiro atoms. The quantitative estimate of drug-likeness (QED) is 0.256. The second-order valence-corrected chi connectivity index (χ2v) is 8.91. The van der Waals surface area contributed by atoms with E-state index in [1.807, 2.05) is 32.0 Å². The van der Waals surface area contributed by atoms with E-state index in [4.69, 9.17) is 20.5 Å². The molecule has 12 nitrogen and oxygen atoms in total. The zero-order valence-corrected chi connectivity index (χ0v) is 20.7. The first-order valence-electron chi connectivity index (χ1n) is 11.6. The largest absolute Gasteiger partial charge is 0.480 e. The molecule has 0 aliphatic heterocycles. The topological polar surface area (TPSA) is 204 Å². The summed E-state index contributed by atoms with van der Waals surface area (Å²) in [4.78, 5) is 29.6. The molecule has 3 rings (SSSR count). The maximum atomic E-state index is 12.7. The van der Waals surface area contributed by atoms with Crippen LogP contribution < -0.4 is 16.8 Å². The molecule has 0 saturated carbocycles. The third-order valence-electron chi connectivity index (χ3n) is 6.05. The van der Waals surface area contributed by atoms with Crippen molar-refractivity contribution >= 4 is 11.9 Å². The minimum absolute atomic E-state index is 0.0816. The van der Waals surface area contributed by atoms with Crippen LogP contribution in [0.2, 0.25) is 0 Å². The SMILES string of the molecule is CCNC(=O)c1noc(C(N)(CC(c2ccccc2C(C)C)C(O)CN)C(=O)O)c1-c1noc(C)n1. The molecular weight excluding hydrogens is 468 g/mol. The molecule has 0 bridgehead atoms. The molecule has 2 heterocycles. The number of aliphatic hydroxyl groups is 1. The van der Waals surface area contributed by atoms with Crippen molar-refractivity contribution < 1.29 is 28.8 Å². The molecule has 0 radical (unpaired) electrons. The lowest BCUT2D eigenvalue weighted by Gasteiger charge is -2.32. The molecule has 3 atom stereocenters. The zero-order chi connectivity index (χ0) is 26.6. The van der Waals surface area contributed by atoms with Gasteiger partial charge < -0.3 is 36.0 Å². The molecule has 1 aromatic carbocycles.